The third-order valence-corrected chi connectivity index (χ3v) is 5.23. The van der Waals surface area contributed by atoms with Crippen LogP contribution in [0.4, 0.5) is 0 Å². The Hall–Kier alpha value is -0.910. The fraction of sp³-hybridized carbons (Fsp3) is 0.500. The number of amides is 1. The monoisotopic (exact) mass is 335 g/mol. The highest BCUT2D eigenvalue weighted by Crippen LogP contribution is 2.57. The number of carbonyl (C=O) groups is 1. The van der Waals surface area contributed by atoms with Crippen LogP contribution in [0.15, 0.2) is 10.2 Å². The summed E-state index contributed by atoms with van der Waals surface area (Å²) in [5.74, 6) is -0.479. The van der Waals surface area contributed by atoms with Crippen molar-refractivity contribution < 1.29 is 18.4 Å². The van der Waals surface area contributed by atoms with Crippen LogP contribution in [0, 0.1) is 11.3 Å². The maximum atomic E-state index is 12.6. The molecule has 20 heavy (non-hydrogen) atoms. The summed E-state index contributed by atoms with van der Waals surface area (Å²) in [5.41, 5.74) is 0. The summed E-state index contributed by atoms with van der Waals surface area (Å²) in [6.45, 7) is 3.42. The molecule has 1 aliphatic rings. The molecule has 1 unspecified atom stereocenters. The highest BCUT2D eigenvalue weighted by Gasteiger charge is 2.38. The molecule has 1 amide bonds. The van der Waals surface area contributed by atoms with Crippen LogP contribution in [0.25, 0.3) is 0 Å². The Bertz CT molecular complexity index is 533. The first-order valence-corrected chi connectivity index (χ1v) is 8.13. The van der Waals surface area contributed by atoms with Gasteiger partial charge in [0, 0.05) is 4.91 Å². The molecule has 0 aromatic heterocycles. The maximum absolute atomic E-state index is 12.6. The SMILES string of the molecule is CCOP(=O)(OCC)/C(C#N)=C(/S)C1NC(=S)NC1=O. The standard InChI is InChI=1S/C10H14N3O4PS2/c1-3-16-18(15,17-4-2)6(5-11)8(19)7-9(14)13-10(20)12-7/h7,19H,3-4H2,1-2H3,(H2,12,13,14,20)/b8-6+. The summed E-state index contributed by atoms with van der Waals surface area (Å²) >= 11 is 8.92. The van der Waals surface area contributed by atoms with Crippen LogP contribution in [-0.4, -0.2) is 30.3 Å². The van der Waals surface area contributed by atoms with Crippen LogP contribution < -0.4 is 10.6 Å². The molecule has 0 radical (unpaired) electrons. The lowest BCUT2D eigenvalue weighted by molar-refractivity contribution is -0.119. The van der Waals surface area contributed by atoms with E-state index in [0.717, 1.165) is 0 Å². The van der Waals surface area contributed by atoms with Gasteiger partial charge in [0.1, 0.15) is 12.1 Å². The van der Waals surface area contributed by atoms with Crippen molar-refractivity contribution >= 4 is 43.5 Å². The van der Waals surface area contributed by atoms with E-state index >= 15 is 0 Å². The van der Waals surface area contributed by atoms with Gasteiger partial charge in [-0.15, -0.1) is 12.6 Å². The van der Waals surface area contributed by atoms with Crippen molar-refractivity contribution in [1.82, 2.24) is 10.6 Å². The van der Waals surface area contributed by atoms with Gasteiger partial charge in [-0.3, -0.25) is 9.36 Å². The van der Waals surface area contributed by atoms with Gasteiger partial charge >= 0.3 is 7.60 Å². The topological polar surface area (TPSA) is 100 Å². The smallest absolute Gasteiger partial charge is 0.346 e. The number of nitrogens with one attached hydrogen (secondary N) is 2. The van der Waals surface area contributed by atoms with Gasteiger partial charge in [-0.1, -0.05) is 0 Å². The van der Waals surface area contributed by atoms with E-state index in [-0.39, 0.29) is 28.5 Å². The first-order chi connectivity index (χ1) is 9.39. The first-order valence-electron chi connectivity index (χ1n) is 5.73. The van der Waals surface area contributed by atoms with Crippen molar-refractivity contribution in [1.29, 1.82) is 5.26 Å². The summed E-state index contributed by atoms with van der Waals surface area (Å²) in [6.07, 6.45) is 0. The molecule has 10 heteroatoms. The fourth-order valence-corrected chi connectivity index (χ4v) is 3.87. The molecule has 1 atom stereocenters. The molecule has 0 bridgehead atoms. The van der Waals surface area contributed by atoms with Gasteiger partial charge in [0.15, 0.2) is 10.4 Å². The Morgan fingerprint density at radius 2 is 2.05 bits per heavy atom. The van der Waals surface area contributed by atoms with Crippen LogP contribution in [0.3, 0.4) is 0 Å². The zero-order chi connectivity index (χ0) is 15.3. The van der Waals surface area contributed by atoms with Gasteiger partial charge in [0.25, 0.3) is 5.91 Å². The highest BCUT2D eigenvalue weighted by molar-refractivity contribution is 7.85. The van der Waals surface area contributed by atoms with E-state index in [1.54, 1.807) is 19.9 Å². The fourth-order valence-electron chi connectivity index (χ4n) is 1.51. The van der Waals surface area contributed by atoms with Gasteiger partial charge in [-0.25, -0.2) is 0 Å². The number of thiocarbonyl (C=S) groups is 1. The Morgan fingerprint density at radius 1 is 1.50 bits per heavy atom. The van der Waals surface area contributed by atoms with Gasteiger partial charge in [-0.2, -0.15) is 5.26 Å². The van der Waals surface area contributed by atoms with E-state index in [4.69, 9.17) is 21.3 Å². The quantitative estimate of drug-likeness (QED) is 0.291. The average molecular weight is 335 g/mol. The lowest BCUT2D eigenvalue weighted by atomic mass is 10.2. The normalized spacial score (nSPS) is 20.0. The second-order valence-corrected chi connectivity index (χ2v) is 6.42. The minimum absolute atomic E-state index is 0.0323. The molecule has 1 heterocycles. The lowest BCUT2D eigenvalue weighted by Gasteiger charge is -2.19. The molecule has 0 aliphatic carbocycles. The number of nitriles is 1. The molecule has 7 nitrogen and oxygen atoms in total. The van der Waals surface area contributed by atoms with E-state index < -0.39 is 19.5 Å². The second-order valence-electron chi connectivity index (χ2n) is 3.57. The van der Waals surface area contributed by atoms with E-state index in [9.17, 15) is 14.6 Å². The zero-order valence-corrected chi connectivity index (χ0v) is 13.5. The Labute approximate surface area is 127 Å². The van der Waals surface area contributed by atoms with E-state index in [1.807, 2.05) is 0 Å². The summed E-state index contributed by atoms with van der Waals surface area (Å²) in [7, 11) is -3.81. The number of allylic oxidation sites excluding steroid dienone is 1. The molecular formula is C10H14N3O4PS2. The number of rotatable bonds is 6. The number of thiol groups is 1. The predicted octanol–water partition coefficient (Wildman–Crippen LogP) is 1.29. The molecule has 2 N–H and O–H groups in total. The Kier molecular flexibility index (Phi) is 6.17. The maximum Gasteiger partial charge on any atom is 0.372 e. The van der Waals surface area contributed by atoms with E-state index in [0.29, 0.717) is 0 Å². The van der Waals surface area contributed by atoms with E-state index in [2.05, 4.69) is 23.3 Å². The summed E-state index contributed by atoms with van der Waals surface area (Å²) < 4.78 is 22.7. The van der Waals surface area contributed by atoms with Crippen molar-refractivity contribution in [2.45, 2.75) is 19.9 Å². The van der Waals surface area contributed by atoms with Crippen LogP contribution in [0.5, 0.6) is 0 Å². The average Bonchev–Trinajstić information content (AvgIpc) is 2.69. The van der Waals surface area contributed by atoms with Crippen molar-refractivity contribution in [2.24, 2.45) is 0 Å². The van der Waals surface area contributed by atoms with Crippen LogP contribution >= 0.6 is 32.4 Å². The number of nitrogens with zero attached hydrogens (tertiary/aromatic N) is 1. The Morgan fingerprint density at radius 3 is 2.40 bits per heavy atom. The van der Waals surface area contributed by atoms with Crippen molar-refractivity contribution in [2.75, 3.05) is 13.2 Å². The Balaban J connectivity index is 3.24. The molecule has 0 aromatic rings. The molecule has 1 aliphatic heterocycles. The molecular weight excluding hydrogens is 321 g/mol. The van der Waals surface area contributed by atoms with Crippen molar-refractivity contribution in [3.63, 3.8) is 0 Å². The zero-order valence-electron chi connectivity index (χ0n) is 10.9. The molecule has 1 saturated heterocycles. The van der Waals surface area contributed by atoms with Gasteiger partial charge in [0.05, 0.1) is 13.2 Å². The van der Waals surface area contributed by atoms with Gasteiger partial charge < -0.3 is 19.7 Å². The van der Waals surface area contributed by atoms with Crippen LogP contribution in [0.1, 0.15) is 13.8 Å². The third-order valence-electron chi connectivity index (χ3n) is 2.27. The van der Waals surface area contributed by atoms with Crippen LogP contribution in [0.2, 0.25) is 0 Å². The van der Waals surface area contributed by atoms with Gasteiger partial charge in [0.2, 0.25) is 0 Å². The molecule has 1 rings (SSSR count). The molecule has 0 spiro atoms. The molecule has 0 aromatic carbocycles. The predicted molar refractivity (Wildman–Crippen MR) is 80.1 cm³/mol. The second kappa shape index (κ2) is 7.20. The molecule has 110 valence electrons. The summed E-state index contributed by atoms with van der Waals surface area (Å²) in [4.78, 5) is 11.6. The molecule has 0 saturated carbocycles. The minimum atomic E-state index is -3.81. The minimum Gasteiger partial charge on any atom is -0.346 e. The highest BCUT2D eigenvalue weighted by atomic mass is 32.1. The lowest BCUT2D eigenvalue weighted by Crippen LogP contribution is -2.30. The number of carbonyl (C=O) groups excluding carboxylic acids is 1. The van der Waals surface area contributed by atoms with E-state index in [1.165, 1.54) is 0 Å². The first kappa shape index (κ1) is 17.1. The summed E-state index contributed by atoms with van der Waals surface area (Å²) in [5, 5.41) is 14.0. The van der Waals surface area contributed by atoms with Crippen LogP contribution in [-0.2, 0) is 18.4 Å². The molecule has 1 fully saturated rings. The van der Waals surface area contributed by atoms with Crippen molar-refractivity contribution in [3.05, 3.63) is 10.2 Å². The van der Waals surface area contributed by atoms with Gasteiger partial charge in [-0.05, 0) is 26.1 Å². The summed E-state index contributed by atoms with van der Waals surface area (Å²) in [6, 6.07) is 0.774. The largest absolute Gasteiger partial charge is 0.372 e. The number of hydrogen-bond donors (Lipinski definition) is 3. The van der Waals surface area contributed by atoms with Crippen molar-refractivity contribution in [3.8, 4) is 6.07 Å². The third kappa shape index (κ3) is 3.59. The number of hydrogen-bond acceptors (Lipinski definition) is 7.